The Bertz CT molecular complexity index is 5610. The van der Waals surface area contributed by atoms with Gasteiger partial charge in [0.25, 0.3) is 19.4 Å². The van der Waals surface area contributed by atoms with Gasteiger partial charge in [0.05, 0.1) is 51.7 Å². The van der Waals surface area contributed by atoms with Crippen molar-refractivity contribution in [2.45, 2.75) is 125 Å². The molecule has 0 amide bonds. The summed E-state index contributed by atoms with van der Waals surface area (Å²) in [6, 6.07) is 6.80. The molecule has 664 valence electrons. The van der Waals surface area contributed by atoms with E-state index in [1.54, 1.807) is 50.6 Å². The maximum atomic E-state index is 12.2. The molecule has 12 unspecified atom stereocenters. The van der Waals surface area contributed by atoms with E-state index in [-0.39, 0.29) is 47.6 Å². The Kier molecular flexibility index (Phi) is 26.7. The number of carbonyl (C=O) groups excluding carboxylic acids is 1. The van der Waals surface area contributed by atoms with Gasteiger partial charge in [-0.1, -0.05) is 58.5 Å². The molecule has 8 fully saturated rings. The van der Waals surface area contributed by atoms with Crippen LogP contribution in [0.2, 0.25) is 0 Å². The van der Waals surface area contributed by atoms with Crippen LogP contribution >= 0.6 is 101 Å². The van der Waals surface area contributed by atoms with Crippen molar-refractivity contribution in [3.63, 3.8) is 0 Å². The quantitative estimate of drug-likeness (QED) is 0.0349. The van der Waals surface area contributed by atoms with Crippen LogP contribution in [0.1, 0.15) is 35.3 Å². The summed E-state index contributed by atoms with van der Waals surface area (Å²) in [5, 5.41) is 30.1. The number of para-hydroxylation sites is 1. The lowest BCUT2D eigenvalue weighted by Gasteiger charge is -2.47. The van der Waals surface area contributed by atoms with Crippen LogP contribution in [0.3, 0.4) is 0 Å². The number of carbonyl (C=O) groups is 1. The number of aromatic nitrogens is 16. The molecule has 0 bridgehead atoms. The number of fused-ring (bicyclic) bond motifs is 8. The zero-order chi connectivity index (χ0) is 87.2. The van der Waals surface area contributed by atoms with Gasteiger partial charge in [0.2, 0.25) is 3.82 Å². The van der Waals surface area contributed by atoms with Crippen LogP contribution in [-0.2, 0) is 123 Å². The first kappa shape index (κ1) is 91.1. The number of methoxy groups -OCH3 is 3. The second kappa shape index (κ2) is 35.8. The van der Waals surface area contributed by atoms with Crippen LogP contribution in [-0.4, -0.2) is 267 Å². The second-order valence-electron chi connectivity index (χ2n) is 26.0. The van der Waals surface area contributed by atoms with E-state index in [0.29, 0.717) is 44.8 Å². The summed E-state index contributed by atoms with van der Waals surface area (Å²) in [7, 11) is -22.5. The number of rotatable bonds is 21. The molecule has 67 heteroatoms. The van der Waals surface area contributed by atoms with Gasteiger partial charge in [-0.2, -0.15) is 0 Å². The van der Waals surface area contributed by atoms with Gasteiger partial charge in [-0.05, 0) is 23.9 Å². The van der Waals surface area contributed by atoms with Gasteiger partial charge in [0.15, 0.2) is 86.0 Å². The molecular formula is C55H63Cl4N20O35P7S-2. The van der Waals surface area contributed by atoms with Gasteiger partial charge >= 0.3 is 48.9 Å². The minimum atomic E-state index is -5.66. The summed E-state index contributed by atoms with van der Waals surface area (Å²) in [4.78, 5) is 123. The third-order valence-corrected chi connectivity index (χ3v) is 36.7. The Balaban J connectivity index is 0.000000128. The number of nitrogens with zero attached hydrogens (tertiary/aromatic N) is 16. The fraction of sp³-hybridized carbons (Fsp3) is 0.509. The highest BCUT2D eigenvalue weighted by Crippen LogP contribution is 2.85. The second-order valence-corrected chi connectivity index (χ2v) is 44.6. The van der Waals surface area contributed by atoms with Crippen molar-refractivity contribution in [2.24, 2.45) is 0 Å². The van der Waals surface area contributed by atoms with Gasteiger partial charge in [-0.3, -0.25) is 40.5 Å². The average Bonchev–Trinajstić information content (AvgIpc) is 1.15. The Morgan fingerprint density at radius 2 is 0.902 bits per heavy atom. The molecule has 1 aromatic carbocycles. The number of anilines is 4. The van der Waals surface area contributed by atoms with Crippen molar-refractivity contribution >= 4 is 186 Å². The first-order valence-corrected chi connectivity index (χ1v) is 46.9. The van der Waals surface area contributed by atoms with Crippen LogP contribution in [0.5, 0.6) is 5.75 Å². The van der Waals surface area contributed by atoms with Crippen molar-refractivity contribution in [3.05, 3.63) is 80.4 Å². The molecule has 24 atom stereocenters. The summed E-state index contributed by atoms with van der Waals surface area (Å²) in [6.07, 6.45) is -2.49. The fourth-order valence-corrected chi connectivity index (χ4v) is 25.3. The largest absolute Gasteiger partial charge is 0.776 e. The van der Waals surface area contributed by atoms with E-state index < -0.39 is 199 Å². The Hall–Kier alpha value is -5.64. The number of hydrogen-bond acceptors (Lipinski definition) is 48. The number of ether oxygens (including phenoxy) is 13. The Labute approximate surface area is 707 Å². The van der Waals surface area contributed by atoms with Gasteiger partial charge in [-0.15, -0.1) is 0 Å². The van der Waals surface area contributed by atoms with Crippen LogP contribution < -0.4 is 37.2 Å². The van der Waals surface area contributed by atoms with E-state index in [1.807, 2.05) is 0 Å². The number of aliphatic hydroxyl groups excluding tert-OH is 3. The minimum absolute atomic E-state index is 0.0162. The van der Waals surface area contributed by atoms with Gasteiger partial charge < -0.3 is 156 Å². The predicted octanol–water partition coefficient (Wildman–Crippen LogP) is 0.761. The zero-order valence-corrected chi connectivity index (χ0v) is 71.4. The number of hydrogen-bond donors (Lipinski definition) is 11. The summed E-state index contributed by atoms with van der Waals surface area (Å²) >= 11 is 25.9. The standard InChI is InChI=1S/C19H18N5O8P.C13H16Cl2N5O11P3.C12H15N5O5.C11H16Cl2N5O11P3S/c1-26-19-29-13-11(6-27-33-31-10-5-3-2-4-9(10)18(25)32-33)28-17(14(13)30-19)24-8-23-12-15(20)21-7-22-16(12)24;1-25-12-28-7-5(2-26-32-30-33(21,22)13(14,15)34(23,24)31-32)27-11(8(7)29-12)20-4-19-6-9(16)17-3-18-10(6)20;1-19-12-21-7-5(2-18)20-11(8(7)22-12)17-4-16-6-9(13)14-3-15-10(6)17;12-11(13,30(21,22)23)31(24,25)29-32(26,33)27-1-4-6(19)7(20)10(28-4)18-3-17-5-8(14)15-2-16-9(5)18/h2-5,7-8,11,13-14,17,19H,6H2,1H3,(H2,20,21,22);3-5,7-8,11-12H,2H2,1H3,(H,21,22)(H,23,24)(H2,16,17,18);3-5,7-8,11-12,18H,2H2,1H3,(H2,13,14,15);2-4,6-7,10,19-20H,1H2,(H,24,25)(H,26,33)(H2,14,15,16)(H2,21,22,23)/p-2/t11-,13?,14+,17-,19?,33?;2*5-,7?,8+,11-,12?;4-,6?,7+,10-,32?/m1111/s1. The summed E-state index contributed by atoms with van der Waals surface area (Å²) in [5.74, 6) is 0.659. The molecule has 9 aromatic rings. The number of aliphatic hydroxyl groups is 3. The number of benzene rings is 1. The van der Waals surface area contributed by atoms with Crippen LogP contribution in [0.15, 0.2) is 74.9 Å². The lowest BCUT2D eigenvalue weighted by molar-refractivity contribution is -0.256. The molecular weight excluding hydrogens is 1890 g/mol. The lowest BCUT2D eigenvalue weighted by atomic mass is 10.1. The maximum Gasteiger partial charge on any atom is 0.465 e. The molecule has 0 saturated carbocycles. The molecule has 15 N–H and O–H groups in total. The zero-order valence-electron chi connectivity index (χ0n) is 61.3. The highest BCUT2D eigenvalue weighted by atomic mass is 35.5. The molecule has 0 spiro atoms. The van der Waals surface area contributed by atoms with Gasteiger partial charge in [-0.25, -0.2) is 68.9 Å². The molecule has 17 heterocycles. The van der Waals surface area contributed by atoms with E-state index in [9.17, 15) is 57.9 Å². The van der Waals surface area contributed by atoms with E-state index in [1.165, 1.54) is 57.5 Å². The summed E-state index contributed by atoms with van der Waals surface area (Å²) < 4.78 is 160. The molecule has 8 aromatic heterocycles. The van der Waals surface area contributed by atoms with Gasteiger partial charge in [0, 0.05) is 21.3 Å². The van der Waals surface area contributed by atoms with E-state index in [0.717, 1.165) is 6.33 Å². The molecule has 122 heavy (non-hydrogen) atoms. The monoisotopic (exact) mass is 1950 g/mol. The lowest BCUT2D eigenvalue weighted by Crippen LogP contribution is -2.34. The number of imidazole rings is 4. The molecule has 0 radical (unpaired) electrons. The topological polar surface area (TPSA) is 745 Å². The number of alkyl halides is 4. The van der Waals surface area contributed by atoms with E-state index in [4.69, 9.17) is 163 Å². The number of halogens is 4. The summed E-state index contributed by atoms with van der Waals surface area (Å²) in [6.45, 7) is -8.82. The van der Waals surface area contributed by atoms with Crippen LogP contribution in [0, 0.1) is 0 Å². The molecule has 55 nitrogen and oxygen atoms in total. The predicted molar refractivity (Wildman–Crippen MR) is 405 cm³/mol. The average molecular weight is 1950 g/mol. The van der Waals surface area contributed by atoms with Crippen molar-refractivity contribution in [1.29, 1.82) is 0 Å². The molecule has 18 rings (SSSR count). The third kappa shape index (κ3) is 17.6. The smallest absolute Gasteiger partial charge is 0.465 e. The third-order valence-electron chi connectivity index (χ3n) is 18.6. The van der Waals surface area contributed by atoms with Crippen LogP contribution in [0.4, 0.5) is 23.3 Å². The molecule has 8 saturated heterocycles. The van der Waals surface area contributed by atoms with E-state index in [2.05, 4.69) is 84.5 Å². The summed E-state index contributed by atoms with van der Waals surface area (Å²) in [5.41, 5.74) is 26.6. The van der Waals surface area contributed by atoms with Gasteiger partial charge in [0.1, 0.15) is 132 Å². The van der Waals surface area contributed by atoms with Crippen molar-refractivity contribution in [1.82, 2.24) is 78.1 Å². The fourth-order valence-electron chi connectivity index (χ4n) is 12.9. The molecule has 9 aliphatic rings. The highest BCUT2D eigenvalue weighted by molar-refractivity contribution is 8.09. The first-order chi connectivity index (χ1) is 57.8. The van der Waals surface area contributed by atoms with Crippen molar-refractivity contribution in [3.8, 4) is 5.75 Å². The van der Waals surface area contributed by atoms with Crippen molar-refractivity contribution in [2.75, 3.05) is 70.7 Å². The SMILES string of the molecule is COC1OC2[C@@H](CO)O[C@@H](n3cnc4c(N)ncnc43)[C@H]2O1.COC1OC2[C@@H](COP3OC(=O)c4ccccc4O3)O[C@@H](n3cnc4c(N)ncnc43)[C@H]2O1.COC1OC2[C@@H](COP3OP(=O)([O-])C(Cl)(Cl)P(=O)([O-])O3)O[C@@H](n3cnc4c(N)ncnc43)[C@H]2O1.Nc1ncnc2c1ncn2[C@@H]1O[C@H](COP(O)(=S)OP(=O)(O)C(Cl)(Cl)P(=O)(O)O)C(O)[C@@H]1O. The molecule has 9 aliphatic heterocycles. The van der Waals surface area contributed by atoms with E-state index >= 15 is 0 Å². The van der Waals surface area contributed by atoms with Crippen molar-refractivity contribution < 1.29 is 165 Å². The number of nitrogens with two attached hydrogens (primary N) is 4. The van der Waals surface area contributed by atoms with Crippen LogP contribution in [0.25, 0.3) is 44.7 Å². The Morgan fingerprint density at radius 3 is 1.30 bits per heavy atom. The minimum Gasteiger partial charge on any atom is -0.776 e. The highest BCUT2D eigenvalue weighted by Gasteiger charge is 2.63. The number of nitrogen functional groups attached to an aromatic ring is 4. The molecule has 0 aliphatic carbocycles. The maximum absolute atomic E-state index is 12.2. The Morgan fingerprint density at radius 1 is 0.533 bits per heavy atom. The normalized spacial score (nSPS) is 33.7. The first-order valence-electron chi connectivity index (χ1n) is 34.3.